The maximum absolute atomic E-state index is 15.4. The number of piperidine rings is 1. The molecular formula is C31H30ClFN4O6. The van der Waals surface area contributed by atoms with Gasteiger partial charge in [0, 0.05) is 32.1 Å². The Morgan fingerprint density at radius 2 is 1.84 bits per heavy atom. The molecule has 12 heteroatoms. The van der Waals surface area contributed by atoms with Crippen LogP contribution in [0.3, 0.4) is 0 Å². The van der Waals surface area contributed by atoms with Crippen LogP contribution in [0, 0.1) is 5.82 Å². The summed E-state index contributed by atoms with van der Waals surface area (Å²) in [6, 6.07) is 17.5. The molecule has 0 bridgehead atoms. The fourth-order valence-corrected chi connectivity index (χ4v) is 5.73. The number of carbonyl (C=O) groups is 4. The molecule has 1 fully saturated rings. The van der Waals surface area contributed by atoms with Crippen molar-refractivity contribution in [1.82, 2.24) is 15.1 Å². The lowest BCUT2D eigenvalue weighted by Gasteiger charge is -2.45. The fraction of sp³-hybridized carbons (Fsp3) is 0.290. The van der Waals surface area contributed by atoms with Crippen LogP contribution >= 0.6 is 11.6 Å². The Labute approximate surface area is 252 Å². The number of benzene rings is 3. The molecule has 43 heavy (non-hydrogen) atoms. The number of rotatable bonds is 7. The molecule has 224 valence electrons. The predicted molar refractivity (Wildman–Crippen MR) is 156 cm³/mol. The van der Waals surface area contributed by atoms with Gasteiger partial charge in [-0.05, 0) is 48.2 Å². The molecule has 2 aliphatic rings. The van der Waals surface area contributed by atoms with E-state index >= 15 is 4.39 Å². The lowest BCUT2D eigenvalue weighted by atomic mass is 9.82. The molecular weight excluding hydrogens is 579 g/mol. The topological polar surface area (TPSA) is 128 Å². The van der Waals surface area contributed by atoms with Crippen molar-refractivity contribution in [1.29, 1.82) is 0 Å². The summed E-state index contributed by atoms with van der Waals surface area (Å²) in [5.41, 5.74) is 0.688. The van der Waals surface area contributed by atoms with E-state index in [1.807, 2.05) is 30.3 Å². The molecule has 3 aromatic rings. The van der Waals surface area contributed by atoms with Gasteiger partial charge in [-0.2, -0.15) is 0 Å². The second-order valence-corrected chi connectivity index (χ2v) is 11.1. The Bertz CT molecular complexity index is 1550. The molecule has 0 unspecified atom stereocenters. The second-order valence-electron chi connectivity index (χ2n) is 10.7. The van der Waals surface area contributed by atoms with E-state index in [0.717, 1.165) is 10.5 Å². The summed E-state index contributed by atoms with van der Waals surface area (Å²) in [6.07, 6.45) is -0.932. The molecule has 2 heterocycles. The molecule has 0 aromatic heterocycles. The van der Waals surface area contributed by atoms with Crippen LogP contribution in [-0.4, -0.2) is 65.1 Å². The highest BCUT2D eigenvalue weighted by molar-refractivity contribution is 6.31. The molecule has 3 aromatic carbocycles. The molecule has 0 radical (unpaired) electrons. The molecule has 0 aliphatic carbocycles. The molecule has 4 amide bonds. The van der Waals surface area contributed by atoms with Crippen LogP contribution in [0.25, 0.3) is 0 Å². The zero-order valence-corrected chi connectivity index (χ0v) is 24.1. The summed E-state index contributed by atoms with van der Waals surface area (Å²) in [4.78, 5) is 53.6. The number of amides is 4. The van der Waals surface area contributed by atoms with Crippen molar-refractivity contribution >= 4 is 41.3 Å². The monoisotopic (exact) mass is 608 g/mol. The number of hydrogen-bond acceptors (Lipinski definition) is 5. The van der Waals surface area contributed by atoms with Gasteiger partial charge in [0.25, 0.3) is 5.91 Å². The van der Waals surface area contributed by atoms with Crippen molar-refractivity contribution in [2.45, 2.75) is 37.5 Å². The van der Waals surface area contributed by atoms with Gasteiger partial charge in [0.1, 0.15) is 6.04 Å². The molecule has 5 rings (SSSR count). The minimum atomic E-state index is -1.44. The van der Waals surface area contributed by atoms with Crippen LogP contribution < -0.4 is 10.6 Å². The average Bonchev–Trinajstić information content (AvgIpc) is 2.99. The van der Waals surface area contributed by atoms with Gasteiger partial charge < -0.3 is 25.0 Å². The first-order valence-electron chi connectivity index (χ1n) is 13.7. The van der Waals surface area contributed by atoms with Crippen LogP contribution in [0.2, 0.25) is 5.02 Å². The average molecular weight is 609 g/mol. The van der Waals surface area contributed by atoms with Crippen molar-refractivity contribution < 1.29 is 33.4 Å². The van der Waals surface area contributed by atoms with Gasteiger partial charge in [-0.25, -0.2) is 14.0 Å². The Hall–Kier alpha value is -4.64. The van der Waals surface area contributed by atoms with E-state index in [2.05, 4.69) is 10.6 Å². The second kappa shape index (κ2) is 12.3. The molecule has 2 aliphatic heterocycles. The quantitative estimate of drug-likeness (QED) is 0.346. The van der Waals surface area contributed by atoms with Crippen LogP contribution in [-0.2, 0) is 28.1 Å². The highest BCUT2D eigenvalue weighted by Gasteiger charge is 2.49. The number of ether oxygens (including phenoxy) is 1. The third kappa shape index (κ3) is 6.41. The van der Waals surface area contributed by atoms with Crippen LogP contribution in [0.5, 0.6) is 0 Å². The van der Waals surface area contributed by atoms with E-state index in [0.29, 0.717) is 24.1 Å². The number of fused-ring (bicyclic) bond motifs is 2. The number of carboxylic acid groups (broad SMARTS) is 1. The Morgan fingerprint density at radius 1 is 1.12 bits per heavy atom. The molecule has 1 saturated heterocycles. The van der Waals surface area contributed by atoms with Crippen LogP contribution in [0.4, 0.5) is 19.7 Å². The van der Waals surface area contributed by atoms with Crippen molar-refractivity contribution in [2.75, 3.05) is 25.5 Å². The normalized spacial score (nSPS) is 18.2. The predicted octanol–water partition coefficient (Wildman–Crippen LogP) is 5.01. The van der Waals surface area contributed by atoms with Crippen molar-refractivity contribution in [2.24, 2.45) is 0 Å². The zero-order valence-electron chi connectivity index (χ0n) is 23.3. The minimum Gasteiger partial charge on any atom is -0.465 e. The number of nitrogens with zero attached hydrogens (tertiary/aromatic N) is 2. The van der Waals surface area contributed by atoms with E-state index in [1.54, 1.807) is 24.3 Å². The standard InChI is InChI=1S/C31H30ClFN4O6/c1-36(30(41)42)17-20-8-10-21(11-9-20)27(38)34-24(16-19-6-3-2-4-7-19)28(39)37-15-5-14-31(18-37)25-23(35-29(40)43-31)13-12-22(32)26(25)33/h2-4,6-13,24H,5,14-18H2,1H3,(H,34,38)(H,35,40)(H,41,42)/t24-,31-/m0/s1. The van der Waals surface area contributed by atoms with Crippen molar-refractivity contribution in [3.8, 4) is 0 Å². The molecule has 3 N–H and O–H groups in total. The zero-order chi connectivity index (χ0) is 30.7. The Balaban J connectivity index is 1.39. The smallest absolute Gasteiger partial charge is 0.412 e. The maximum atomic E-state index is 15.4. The summed E-state index contributed by atoms with van der Waals surface area (Å²) < 4.78 is 21.0. The SMILES string of the molecule is CN(Cc1ccc(C(=O)N[C@@H](Cc2ccccc2)C(=O)N2CCC[C@@]3(C2)OC(=O)Nc2ccc(Cl)c(F)c23)cc1)C(=O)O. The highest BCUT2D eigenvalue weighted by Crippen LogP contribution is 2.45. The summed E-state index contributed by atoms with van der Waals surface area (Å²) in [5.74, 6) is -1.62. The first-order valence-corrected chi connectivity index (χ1v) is 14.1. The first-order chi connectivity index (χ1) is 20.6. The van der Waals surface area contributed by atoms with Gasteiger partial charge >= 0.3 is 12.2 Å². The van der Waals surface area contributed by atoms with Crippen LogP contribution in [0.15, 0.2) is 66.7 Å². The molecule has 0 saturated carbocycles. The van der Waals surface area contributed by atoms with Gasteiger partial charge in [-0.1, -0.05) is 54.1 Å². The summed E-state index contributed by atoms with van der Waals surface area (Å²) >= 11 is 6.09. The van der Waals surface area contributed by atoms with Gasteiger partial charge in [0.05, 0.1) is 22.8 Å². The Morgan fingerprint density at radius 3 is 2.53 bits per heavy atom. The summed E-state index contributed by atoms with van der Waals surface area (Å²) in [5, 5.41) is 14.3. The van der Waals surface area contributed by atoms with E-state index in [9.17, 15) is 19.2 Å². The Kier molecular flexibility index (Phi) is 8.54. The number of halogens is 2. The third-order valence-corrected chi connectivity index (χ3v) is 7.98. The van der Waals surface area contributed by atoms with Crippen molar-refractivity contribution in [3.05, 3.63) is 99.8 Å². The van der Waals surface area contributed by atoms with Gasteiger partial charge in [-0.15, -0.1) is 0 Å². The van der Waals surface area contributed by atoms with E-state index in [1.165, 1.54) is 24.1 Å². The third-order valence-electron chi connectivity index (χ3n) is 7.69. The number of hydrogen-bond donors (Lipinski definition) is 3. The summed E-state index contributed by atoms with van der Waals surface area (Å²) in [7, 11) is 1.44. The van der Waals surface area contributed by atoms with E-state index in [-0.39, 0.29) is 42.2 Å². The van der Waals surface area contributed by atoms with Gasteiger partial charge in [0.2, 0.25) is 5.91 Å². The molecule has 10 nitrogen and oxygen atoms in total. The van der Waals surface area contributed by atoms with Crippen LogP contribution in [0.1, 0.15) is 39.9 Å². The fourth-order valence-electron chi connectivity index (χ4n) is 5.58. The number of carbonyl (C=O) groups excluding carboxylic acids is 3. The van der Waals surface area contributed by atoms with Gasteiger partial charge in [-0.3, -0.25) is 14.9 Å². The minimum absolute atomic E-state index is 0.0920. The number of likely N-dealkylation sites (tertiary alicyclic amines) is 1. The van der Waals surface area contributed by atoms with Gasteiger partial charge in [0.15, 0.2) is 11.4 Å². The van der Waals surface area contributed by atoms with E-state index in [4.69, 9.17) is 21.4 Å². The summed E-state index contributed by atoms with van der Waals surface area (Å²) in [6.45, 7) is 0.352. The highest BCUT2D eigenvalue weighted by atomic mass is 35.5. The number of anilines is 1. The largest absolute Gasteiger partial charge is 0.465 e. The molecule has 1 spiro atoms. The van der Waals surface area contributed by atoms with Crippen molar-refractivity contribution in [3.63, 3.8) is 0 Å². The number of nitrogens with one attached hydrogen (secondary N) is 2. The van der Waals surface area contributed by atoms with E-state index < -0.39 is 41.5 Å². The first kappa shape index (κ1) is 29.8. The maximum Gasteiger partial charge on any atom is 0.412 e. The lowest BCUT2D eigenvalue weighted by molar-refractivity contribution is -0.141. The lowest BCUT2D eigenvalue weighted by Crippen LogP contribution is -2.57. The molecule has 2 atom stereocenters.